The van der Waals surface area contributed by atoms with Gasteiger partial charge in [0.15, 0.2) is 17.3 Å². The van der Waals surface area contributed by atoms with Crippen molar-refractivity contribution in [3.63, 3.8) is 0 Å². The van der Waals surface area contributed by atoms with E-state index in [1.54, 1.807) is 29.0 Å². The summed E-state index contributed by atoms with van der Waals surface area (Å²) in [6, 6.07) is 6.82. The fourth-order valence-electron chi connectivity index (χ4n) is 5.92. The summed E-state index contributed by atoms with van der Waals surface area (Å²) in [7, 11) is 0. The number of ether oxygens (including phenoxy) is 2. The summed E-state index contributed by atoms with van der Waals surface area (Å²) in [5.41, 5.74) is 0.807. The lowest BCUT2D eigenvalue weighted by molar-refractivity contribution is 0.0374. The highest BCUT2D eigenvalue weighted by molar-refractivity contribution is 6.30. The molecular formula is C30H35ClFN5O4. The number of fused-ring (bicyclic) bond motifs is 2. The van der Waals surface area contributed by atoms with Crippen molar-refractivity contribution in [3.05, 3.63) is 57.1 Å². The fourth-order valence-corrected chi connectivity index (χ4v) is 6.09. The van der Waals surface area contributed by atoms with Gasteiger partial charge in [0.25, 0.3) is 5.91 Å². The number of piperazine rings is 1. The van der Waals surface area contributed by atoms with E-state index < -0.39 is 17.2 Å². The minimum absolute atomic E-state index is 0.0460. The quantitative estimate of drug-likeness (QED) is 0.331. The summed E-state index contributed by atoms with van der Waals surface area (Å²) in [6.45, 7) is 11.5. The molecule has 1 amide bonds. The Morgan fingerprint density at radius 2 is 1.85 bits per heavy atom. The van der Waals surface area contributed by atoms with Crippen LogP contribution in [0.25, 0.3) is 16.6 Å². The second-order valence-corrected chi connectivity index (χ2v) is 11.5. The zero-order chi connectivity index (χ0) is 28.7. The van der Waals surface area contributed by atoms with Gasteiger partial charge in [-0.3, -0.25) is 19.4 Å². The molecule has 0 spiro atoms. The second-order valence-electron chi connectivity index (χ2n) is 11.1. The van der Waals surface area contributed by atoms with Gasteiger partial charge in [-0.15, -0.1) is 0 Å². The van der Waals surface area contributed by atoms with Crippen molar-refractivity contribution in [2.24, 2.45) is 0 Å². The number of aromatic nitrogens is 1. The molecule has 0 bridgehead atoms. The monoisotopic (exact) mass is 583 g/mol. The molecule has 41 heavy (non-hydrogen) atoms. The lowest BCUT2D eigenvalue weighted by Gasteiger charge is -2.39. The first-order valence-electron chi connectivity index (χ1n) is 14.3. The van der Waals surface area contributed by atoms with Crippen LogP contribution < -0.4 is 20.4 Å². The van der Waals surface area contributed by atoms with Crippen molar-refractivity contribution >= 4 is 34.1 Å². The molecule has 2 saturated heterocycles. The van der Waals surface area contributed by atoms with Gasteiger partial charge in [-0.25, -0.2) is 4.39 Å². The van der Waals surface area contributed by atoms with E-state index in [-0.39, 0.29) is 16.7 Å². The largest absolute Gasteiger partial charge is 0.451 e. The Hall–Kier alpha value is -3.18. The van der Waals surface area contributed by atoms with E-state index >= 15 is 4.39 Å². The number of hydrogen-bond donors (Lipinski definition) is 1. The summed E-state index contributed by atoms with van der Waals surface area (Å²) in [5.74, 6) is -0.343. The van der Waals surface area contributed by atoms with E-state index in [1.807, 2.05) is 4.90 Å². The van der Waals surface area contributed by atoms with Crippen molar-refractivity contribution in [3.8, 4) is 17.2 Å². The predicted octanol–water partition coefficient (Wildman–Crippen LogP) is 3.87. The van der Waals surface area contributed by atoms with Gasteiger partial charge >= 0.3 is 0 Å². The van der Waals surface area contributed by atoms with Crippen molar-refractivity contribution in [2.45, 2.75) is 26.3 Å². The third-order valence-corrected chi connectivity index (χ3v) is 8.45. The molecule has 1 aromatic heterocycles. The number of anilines is 1. The van der Waals surface area contributed by atoms with Crippen LogP contribution in [-0.4, -0.2) is 91.9 Å². The SMILES string of the molecule is CC(C)N1CCN(c2c(F)cc3c(=O)c(C(=O)NCCCN4CCOCC4)cn4c3c2Oc2cc(Cl)ccc2-4)CC1. The van der Waals surface area contributed by atoms with Gasteiger partial charge < -0.3 is 24.3 Å². The maximum atomic E-state index is 15.9. The smallest absolute Gasteiger partial charge is 0.256 e. The Kier molecular flexibility index (Phi) is 7.91. The number of carbonyl (C=O) groups is 1. The molecule has 2 aromatic carbocycles. The number of nitrogens with zero attached hydrogens (tertiary/aromatic N) is 4. The van der Waals surface area contributed by atoms with E-state index in [0.717, 1.165) is 39.1 Å². The molecule has 0 atom stereocenters. The van der Waals surface area contributed by atoms with Crippen molar-refractivity contribution in [1.82, 2.24) is 19.7 Å². The number of rotatable bonds is 7. The average Bonchev–Trinajstić information content (AvgIpc) is 2.97. The zero-order valence-electron chi connectivity index (χ0n) is 23.4. The molecule has 4 heterocycles. The maximum absolute atomic E-state index is 15.9. The molecule has 6 rings (SSSR count). The van der Waals surface area contributed by atoms with Gasteiger partial charge in [0.05, 0.1) is 24.3 Å². The number of morpholine rings is 1. The first-order chi connectivity index (χ1) is 19.8. The molecular weight excluding hydrogens is 549 g/mol. The van der Waals surface area contributed by atoms with Gasteiger partial charge in [-0.05, 0) is 45.0 Å². The van der Waals surface area contributed by atoms with Gasteiger partial charge in [0.1, 0.15) is 16.8 Å². The topological polar surface area (TPSA) is 79.3 Å². The zero-order valence-corrected chi connectivity index (χ0v) is 24.2. The Bertz CT molecular complexity index is 1530. The molecule has 218 valence electrons. The van der Waals surface area contributed by atoms with Crippen molar-refractivity contribution in [1.29, 1.82) is 0 Å². The third-order valence-electron chi connectivity index (χ3n) is 8.21. The molecule has 3 aliphatic heterocycles. The van der Waals surface area contributed by atoms with E-state index in [0.29, 0.717) is 66.6 Å². The van der Waals surface area contributed by atoms with Gasteiger partial charge in [-0.1, -0.05) is 11.6 Å². The molecule has 9 nitrogen and oxygen atoms in total. The number of carbonyl (C=O) groups excluding carboxylic acids is 1. The molecule has 0 radical (unpaired) electrons. The van der Waals surface area contributed by atoms with Crippen LogP contribution >= 0.6 is 11.6 Å². The van der Waals surface area contributed by atoms with Crippen LogP contribution in [0.5, 0.6) is 11.5 Å². The minimum atomic E-state index is -0.553. The molecule has 2 fully saturated rings. The maximum Gasteiger partial charge on any atom is 0.256 e. The number of benzene rings is 2. The molecule has 3 aromatic rings. The van der Waals surface area contributed by atoms with Crippen LogP contribution in [0, 0.1) is 5.82 Å². The highest BCUT2D eigenvalue weighted by Gasteiger charge is 2.32. The van der Waals surface area contributed by atoms with E-state index in [2.05, 4.69) is 29.0 Å². The van der Waals surface area contributed by atoms with Crippen LogP contribution in [-0.2, 0) is 4.74 Å². The minimum Gasteiger partial charge on any atom is -0.451 e. The molecule has 11 heteroatoms. The molecule has 1 N–H and O–H groups in total. The number of hydrogen-bond acceptors (Lipinski definition) is 7. The molecule has 0 unspecified atom stereocenters. The summed E-state index contributed by atoms with van der Waals surface area (Å²) >= 11 is 6.30. The Morgan fingerprint density at radius 1 is 1.10 bits per heavy atom. The van der Waals surface area contributed by atoms with Gasteiger partial charge in [0.2, 0.25) is 5.43 Å². The highest BCUT2D eigenvalue weighted by Crippen LogP contribution is 2.47. The predicted molar refractivity (Wildman–Crippen MR) is 158 cm³/mol. The Morgan fingerprint density at radius 3 is 2.59 bits per heavy atom. The van der Waals surface area contributed by atoms with Crippen LogP contribution in [0.2, 0.25) is 5.02 Å². The van der Waals surface area contributed by atoms with Crippen LogP contribution in [0.1, 0.15) is 30.6 Å². The standard InChI is InChI=1S/C30H35ClFN5O4/c1-19(2)35-8-10-36(11-9-35)27-23(32)17-21-26-29(27)41-25-16-20(31)4-5-24(25)37(26)18-22(28(21)38)30(39)33-6-3-7-34-12-14-40-15-13-34/h4-5,16-19H,3,6-15H2,1-2H3,(H,33,39). The first kappa shape index (κ1) is 28.0. The third kappa shape index (κ3) is 5.41. The Balaban J connectivity index is 1.36. The van der Waals surface area contributed by atoms with E-state index in [9.17, 15) is 9.59 Å². The lowest BCUT2D eigenvalue weighted by Crippen LogP contribution is -2.49. The summed E-state index contributed by atoms with van der Waals surface area (Å²) in [6.07, 6.45) is 2.29. The van der Waals surface area contributed by atoms with Crippen molar-refractivity contribution < 1.29 is 18.7 Å². The van der Waals surface area contributed by atoms with Crippen LogP contribution in [0.15, 0.2) is 35.3 Å². The second kappa shape index (κ2) is 11.6. The normalized spacial score (nSPS) is 17.5. The van der Waals surface area contributed by atoms with Crippen LogP contribution in [0.3, 0.4) is 0 Å². The average molecular weight is 584 g/mol. The van der Waals surface area contributed by atoms with Crippen molar-refractivity contribution in [2.75, 3.05) is 70.5 Å². The molecule has 0 aliphatic carbocycles. The van der Waals surface area contributed by atoms with Gasteiger partial charge in [0, 0.05) is 69.1 Å². The number of amides is 1. The molecule has 3 aliphatic rings. The van der Waals surface area contributed by atoms with Crippen LogP contribution in [0.4, 0.5) is 10.1 Å². The number of halogens is 2. The first-order valence-corrected chi connectivity index (χ1v) is 14.7. The lowest BCUT2D eigenvalue weighted by atomic mass is 10.0. The fraction of sp³-hybridized carbons (Fsp3) is 0.467. The number of pyridine rings is 1. The number of nitrogens with one attached hydrogen (secondary N) is 1. The molecule has 0 saturated carbocycles. The van der Waals surface area contributed by atoms with E-state index in [4.69, 9.17) is 21.1 Å². The summed E-state index contributed by atoms with van der Waals surface area (Å²) < 4.78 is 29.4. The summed E-state index contributed by atoms with van der Waals surface area (Å²) in [5, 5.41) is 3.45. The summed E-state index contributed by atoms with van der Waals surface area (Å²) in [4.78, 5) is 33.5. The highest BCUT2D eigenvalue weighted by atomic mass is 35.5. The van der Waals surface area contributed by atoms with E-state index in [1.165, 1.54) is 6.07 Å². The van der Waals surface area contributed by atoms with Gasteiger partial charge in [-0.2, -0.15) is 0 Å². The Labute approximate surface area is 243 Å².